The number of fused-ring (bicyclic) bond motifs is 1. The van der Waals surface area contributed by atoms with Crippen molar-refractivity contribution in [1.82, 2.24) is 9.55 Å². The molecule has 4 rings (SSSR count). The number of nitrogens with one attached hydrogen (secondary N) is 1. The Hall–Kier alpha value is -2.97. The van der Waals surface area contributed by atoms with Crippen molar-refractivity contribution in [3.8, 4) is 11.1 Å². The van der Waals surface area contributed by atoms with E-state index in [4.69, 9.17) is 0 Å². The van der Waals surface area contributed by atoms with E-state index in [1.807, 2.05) is 35.7 Å². The number of thioether (sulfide) groups is 1. The molecule has 0 atom stereocenters. The maximum atomic E-state index is 13.7. The number of para-hydroxylation sites is 1. The van der Waals surface area contributed by atoms with Crippen molar-refractivity contribution < 1.29 is 9.18 Å². The molecule has 4 aromatic rings. The number of halogens is 1. The van der Waals surface area contributed by atoms with Crippen molar-refractivity contribution in [2.24, 2.45) is 7.05 Å². The summed E-state index contributed by atoms with van der Waals surface area (Å²) in [4.78, 5) is 29.6. The van der Waals surface area contributed by atoms with E-state index in [0.717, 1.165) is 22.9 Å². The Balaban J connectivity index is 1.60. The first-order chi connectivity index (χ1) is 14.0. The molecule has 146 valence electrons. The van der Waals surface area contributed by atoms with Crippen molar-refractivity contribution >= 4 is 44.9 Å². The van der Waals surface area contributed by atoms with Gasteiger partial charge in [0.05, 0.1) is 17.0 Å². The van der Waals surface area contributed by atoms with E-state index in [-0.39, 0.29) is 22.9 Å². The van der Waals surface area contributed by atoms with Gasteiger partial charge >= 0.3 is 0 Å². The van der Waals surface area contributed by atoms with Crippen molar-refractivity contribution in [2.75, 3.05) is 11.1 Å². The highest BCUT2D eigenvalue weighted by Crippen LogP contribution is 2.32. The zero-order chi connectivity index (χ0) is 20.4. The number of rotatable bonds is 5. The maximum Gasteiger partial charge on any atom is 0.271 e. The summed E-state index contributed by atoms with van der Waals surface area (Å²) < 4.78 is 15.7. The van der Waals surface area contributed by atoms with E-state index < -0.39 is 5.82 Å². The first-order valence-corrected chi connectivity index (χ1v) is 10.6. The van der Waals surface area contributed by atoms with Gasteiger partial charge in [-0.1, -0.05) is 54.2 Å². The molecule has 0 aliphatic rings. The Bertz CT molecular complexity index is 1250. The van der Waals surface area contributed by atoms with Crippen molar-refractivity contribution in [3.63, 3.8) is 0 Å². The van der Waals surface area contributed by atoms with Gasteiger partial charge in [-0.25, -0.2) is 9.37 Å². The van der Waals surface area contributed by atoms with Gasteiger partial charge in [0.25, 0.3) is 5.56 Å². The molecule has 0 aliphatic carbocycles. The molecule has 0 radical (unpaired) electrons. The summed E-state index contributed by atoms with van der Waals surface area (Å²) in [5.41, 5.74) is 2.47. The summed E-state index contributed by atoms with van der Waals surface area (Å²) >= 11 is 2.50. The molecule has 0 aliphatic heterocycles. The highest BCUT2D eigenvalue weighted by molar-refractivity contribution is 7.99. The zero-order valence-electron chi connectivity index (χ0n) is 15.4. The van der Waals surface area contributed by atoms with Crippen LogP contribution in [0, 0.1) is 5.82 Å². The standard InChI is InChI=1S/C21H16FN3O2S2/c1-25-20(27)19-18(14(11-28-19)13-7-3-2-4-8-13)24-21(25)29-12-17(26)23-16-10-6-5-9-15(16)22/h2-11H,12H2,1H3,(H,23,26). The number of hydrogen-bond acceptors (Lipinski definition) is 5. The first-order valence-electron chi connectivity index (χ1n) is 8.75. The number of nitrogens with zero attached hydrogens (tertiary/aromatic N) is 2. The number of carbonyl (C=O) groups excluding carboxylic acids is 1. The van der Waals surface area contributed by atoms with E-state index in [1.54, 1.807) is 19.2 Å². The van der Waals surface area contributed by atoms with Gasteiger partial charge in [0, 0.05) is 18.0 Å². The van der Waals surface area contributed by atoms with E-state index in [9.17, 15) is 14.0 Å². The van der Waals surface area contributed by atoms with Crippen molar-refractivity contribution in [3.05, 3.63) is 76.1 Å². The summed E-state index contributed by atoms with van der Waals surface area (Å²) in [5.74, 6) is -0.864. The van der Waals surface area contributed by atoms with Crippen LogP contribution in [0.2, 0.25) is 0 Å². The van der Waals surface area contributed by atoms with Crippen LogP contribution in [0.5, 0.6) is 0 Å². The summed E-state index contributed by atoms with van der Waals surface area (Å²) in [6, 6.07) is 15.7. The van der Waals surface area contributed by atoms with E-state index in [1.165, 1.54) is 28.0 Å². The molecule has 2 heterocycles. The van der Waals surface area contributed by atoms with E-state index in [2.05, 4.69) is 10.3 Å². The lowest BCUT2D eigenvalue weighted by Gasteiger charge is -2.09. The molecule has 0 spiro atoms. The highest BCUT2D eigenvalue weighted by Gasteiger charge is 2.16. The lowest BCUT2D eigenvalue weighted by molar-refractivity contribution is -0.113. The van der Waals surface area contributed by atoms with Crippen molar-refractivity contribution in [1.29, 1.82) is 0 Å². The van der Waals surface area contributed by atoms with Crippen LogP contribution >= 0.6 is 23.1 Å². The van der Waals surface area contributed by atoms with Gasteiger partial charge in [0.15, 0.2) is 5.16 Å². The maximum absolute atomic E-state index is 13.7. The average Bonchev–Trinajstić information content (AvgIpc) is 3.16. The second-order valence-electron chi connectivity index (χ2n) is 6.27. The van der Waals surface area contributed by atoms with Crippen LogP contribution in [-0.2, 0) is 11.8 Å². The molecule has 8 heteroatoms. The molecule has 1 amide bonds. The molecule has 2 aromatic heterocycles. The molecule has 0 bridgehead atoms. The van der Waals surface area contributed by atoms with E-state index >= 15 is 0 Å². The van der Waals surface area contributed by atoms with Gasteiger partial charge in [0.1, 0.15) is 10.5 Å². The van der Waals surface area contributed by atoms with Crippen LogP contribution in [0.15, 0.2) is 69.9 Å². The van der Waals surface area contributed by atoms with Gasteiger partial charge in [0.2, 0.25) is 5.91 Å². The van der Waals surface area contributed by atoms with Crippen LogP contribution in [0.25, 0.3) is 21.3 Å². The summed E-state index contributed by atoms with van der Waals surface area (Å²) in [6.07, 6.45) is 0. The van der Waals surface area contributed by atoms with Gasteiger partial charge in [-0.2, -0.15) is 0 Å². The molecule has 5 nitrogen and oxygen atoms in total. The Kier molecular flexibility index (Phi) is 5.46. The second kappa shape index (κ2) is 8.18. The zero-order valence-corrected chi connectivity index (χ0v) is 17.0. The Morgan fingerprint density at radius 2 is 1.90 bits per heavy atom. The summed E-state index contributed by atoms with van der Waals surface area (Å²) in [6.45, 7) is 0. The Morgan fingerprint density at radius 1 is 1.17 bits per heavy atom. The fourth-order valence-corrected chi connectivity index (χ4v) is 4.61. The summed E-state index contributed by atoms with van der Waals surface area (Å²) in [7, 11) is 1.63. The predicted octanol–water partition coefficient (Wildman–Crippen LogP) is 4.53. The number of anilines is 1. The van der Waals surface area contributed by atoms with Crippen LogP contribution in [0.1, 0.15) is 0 Å². The number of hydrogen-bond donors (Lipinski definition) is 1. The van der Waals surface area contributed by atoms with Crippen molar-refractivity contribution in [2.45, 2.75) is 5.16 Å². The van der Waals surface area contributed by atoms with Gasteiger partial charge in [-0.3, -0.25) is 14.2 Å². The number of aromatic nitrogens is 2. The smallest absolute Gasteiger partial charge is 0.271 e. The quantitative estimate of drug-likeness (QED) is 0.377. The third kappa shape index (κ3) is 3.94. The fourth-order valence-electron chi connectivity index (χ4n) is 2.85. The minimum Gasteiger partial charge on any atom is -0.323 e. The predicted molar refractivity (Wildman–Crippen MR) is 116 cm³/mol. The monoisotopic (exact) mass is 425 g/mol. The fraction of sp³-hybridized carbons (Fsp3) is 0.0952. The Labute approximate surface area is 174 Å². The number of benzene rings is 2. The lowest BCUT2D eigenvalue weighted by Crippen LogP contribution is -2.21. The molecule has 0 saturated carbocycles. The molecular formula is C21H16FN3O2S2. The van der Waals surface area contributed by atoms with Gasteiger partial charge < -0.3 is 5.32 Å². The first kappa shape index (κ1) is 19.4. The molecule has 29 heavy (non-hydrogen) atoms. The average molecular weight is 426 g/mol. The number of thiophene rings is 1. The normalized spacial score (nSPS) is 11.0. The lowest BCUT2D eigenvalue weighted by atomic mass is 10.1. The number of carbonyl (C=O) groups is 1. The molecular weight excluding hydrogens is 409 g/mol. The molecule has 2 aromatic carbocycles. The SMILES string of the molecule is Cn1c(SCC(=O)Nc2ccccc2F)nc2c(-c3ccccc3)csc2c1=O. The largest absolute Gasteiger partial charge is 0.323 e. The number of amides is 1. The molecule has 0 fully saturated rings. The minimum absolute atomic E-state index is 0.00489. The third-order valence-electron chi connectivity index (χ3n) is 4.32. The second-order valence-corrected chi connectivity index (χ2v) is 8.09. The van der Waals surface area contributed by atoms with Crippen LogP contribution in [0.4, 0.5) is 10.1 Å². The van der Waals surface area contributed by atoms with Crippen LogP contribution in [0.3, 0.4) is 0 Å². The van der Waals surface area contributed by atoms with Gasteiger partial charge in [-0.05, 0) is 17.7 Å². The Morgan fingerprint density at radius 3 is 2.66 bits per heavy atom. The molecule has 0 unspecified atom stereocenters. The van der Waals surface area contributed by atoms with Crippen LogP contribution < -0.4 is 10.9 Å². The van der Waals surface area contributed by atoms with Crippen LogP contribution in [-0.4, -0.2) is 21.2 Å². The molecule has 0 saturated heterocycles. The third-order valence-corrected chi connectivity index (χ3v) is 6.31. The minimum atomic E-state index is -0.497. The highest BCUT2D eigenvalue weighted by atomic mass is 32.2. The van der Waals surface area contributed by atoms with E-state index in [0.29, 0.717) is 15.4 Å². The topological polar surface area (TPSA) is 64.0 Å². The summed E-state index contributed by atoms with van der Waals surface area (Å²) in [5, 5.41) is 4.89. The molecule has 1 N–H and O–H groups in total. The van der Waals surface area contributed by atoms with Gasteiger partial charge in [-0.15, -0.1) is 11.3 Å².